The van der Waals surface area contributed by atoms with Crippen LogP contribution in [-0.2, 0) is 36.8 Å². The van der Waals surface area contributed by atoms with Gasteiger partial charge in [-0.2, -0.15) is 0 Å². The molecule has 0 heterocycles. The standard InChI is InChI=1S/C28H38N6O8/c29-12-2-1-3-21(26(39)34-23(28(41)42)14-17-6-10-19(36)11-7-17)32-27(40)22(15-24(31)37)33-25(38)20(30)13-16-4-8-18(35)9-5-16/h4-11,20-23,35-36H,1-3,12-15,29-30H2,(H2,31,37)(H,32,40)(H,33,38)(H,34,39)(H,41,42). The Hall–Kier alpha value is -4.69. The Morgan fingerprint density at radius 1 is 0.690 bits per heavy atom. The van der Waals surface area contributed by atoms with Gasteiger partial charge in [0.1, 0.15) is 29.6 Å². The molecule has 0 aromatic heterocycles. The van der Waals surface area contributed by atoms with Crippen molar-refractivity contribution < 1.29 is 39.3 Å². The largest absolute Gasteiger partial charge is 0.508 e. The molecular weight excluding hydrogens is 548 g/mol. The van der Waals surface area contributed by atoms with E-state index >= 15 is 0 Å². The van der Waals surface area contributed by atoms with Crippen LogP contribution in [0.3, 0.4) is 0 Å². The number of primary amides is 1. The van der Waals surface area contributed by atoms with Gasteiger partial charge in [-0.05, 0) is 67.6 Å². The quantitative estimate of drug-likeness (QED) is 0.0995. The fourth-order valence-corrected chi connectivity index (χ4v) is 4.04. The Balaban J connectivity index is 2.14. The Labute approximate surface area is 242 Å². The Morgan fingerprint density at radius 2 is 1.17 bits per heavy atom. The normalized spacial score (nSPS) is 13.7. The molecule has 0 spiro atoms. The van der Waals surface area contributed by atoms with Crippen LogP contribution >= 0.6 is 0 Å². The van der Waals surface area contributed by atoms with Crippen molar-refractivity contribution in [3.05, 3.63) is 59.7 Å². The lowest BCUT2D eigenvalue weighted by Gasteiger charge is -2.25. The number of unbranched alkanes of at least 4 members (excludes halogenated alkanes) is 1. The highest BCUT2D eigenvalue weighted by Gasteiger charge is 2.31. The summed E-state index contributed by atoms with van der Waals surface area (Å²) in [6, 6.07) is 6.67. The second-order valence-electron chi connectivity index (χ2n) is 9.82. The summed E-state index contributed by atoms with van der Waals surface area (Å²) in [4.78, 5) is 62.7. The van der Waals surface area contributed by atoms with Gasteiger partial charge in [0.05, 0.1) is 12.5 Å². The third-order valence-electron chi connectivity index (χ3n) is 6.34. The number of carbonyl (C=O) groups is 5. The summed E-state index contributed by atoms with van der Waals surface area (Å²) in [5, 5.41) is 35.9. The second-order valence-corrected chi connectivity index (χ2v) is 9.82. The zero-order valence-electron chi connectivity index (χ0n) is 23.0. The number of phenols is 2. The molecule has 228 valence electrons. The molecular formula is C28H38N6O8. The molecule has 0 saturated carbocycles. The molecule has 0 aliphatic carbocycles. The predicted octanol–water partition coefficient (Wildman–Crippen LogP) is -1.25. The van der Waals surface area contributed by atoms with Crippen LogP contribution in [0.5, 0.6) is 11.5 Å². The van der Waals surface area contributed by atoms with Gasteiger partial charge in [0.25, 0.3) is 0 Å². The number of nitrogens with two attached hydrogens (primary N) is 3. The van der Waals surface area contributed by atoms with Gasteiger partial charge >= 0.3 is 5.97 Å². The minimum absolute atomic E-state index is 0.00347. The smallest absolute Gasteiger partial charge is 0.326 e. The average Bonchev–Trinajstić information content (AvgIpc) is 2.93. The van der Waals surface area contributed by atoms with Gasteiger partial charge in [-0.15, -0.1) is 0 Å². The maximum absolute atomic E-state index is 13.2. The average molecular weight is 587 g/mol. The van der Waals surface area contributed by atoms with Gasteiger partial charge in [0.2, 0.25) is 23.6 Å². The number of nitrogens with one attached hydrogen (secondary N) is 3. The minimum atomic E-state index is -1.46. The maximum Gasteiger partial charge on any atom is 0.326 e. The molecule has 0 bridgehead atoms. The van der Waals surface area contributed by atoms with E-state index in [9.17, 15) is 39.3 Å². The molecule has 42 heavy (non-hydrogen) atoms. The van der Waals surface area contributed by atoms with Crippen molar-refractivity contribution >= 4 is 29.6 Å². The van der Waals surface area contributed by atoms with Gasteiger partial charge in [0.15, 0.2) is 0 Å². The predicted molar refractivity (Wildman–Crippen MR) is 152 cm³/mol. The lowest BCUT2D eigenvalue weighted by Crippen LogP contribution is -2.58. The molecule has 0 fully saturated rings. The molecule has 2 aromatic rings. The number of amides is 4. The van der Waals surface area contributed by atoms with Crippen molar-refractivity contribution in [2.45, 2.75) is 62.7 Å². The molecule has 0 aliphatic rings. The Kier molecular flexibility index (Phi) is 13.2. The van der Waals surface area contributed by atoms with Crippen molar-refractivity contribution in [2.24, 2.45) is 17.2 Å². The molecule has 4 unspecified atom stereocenters. The van der Waals surface area contributed by atoms with Crippen molar-refractivity contribution in [3.8, 4) is 11.5 Å². The number of benzene rings is 2. The summed E-state index contributed by atoms with van der Waals surface area (Å²) in [6.45, 7) is 0.320. The molecule has 4 amide bonds. The molecule has 0 radical (unpaired) electrons. The van der Waals surface area contributed by atoms with Crippen molar-refractivity contribution in [2.75, 3.05) is 6.54 Å². The van der Waals surface area contributed by atoms with E-state index in [2.05, 4.69) is 16.0 Å². The molecule has 12 N–H and O–H groups in total. The topological polar surface area (TPSA) is 260 Å². The van der Waals surface area contributed by atoms with Crippen LogP contribution in [0.1, 0.15) is 36.8 Å². The van der Waals surface area contributed by atoms with E-state index in [-0.39, 0.29) is 30.8 Å². The molecule has 2 rings (SSSR count). The van der Waals surface area contributed by atoms with E-state index < -0.39 is 60.2 Å². The highest BCUT2D eigenvalue weighted by atomic mass is 16.4. The van der Waals surface area contributed by atoms with E-state index in [4.69, 9.17) is 17.2 Å². The SMILES string of the molecule is NCCCCC(NC(=O)C(CC(N)=O)NC(=O)C(N)Cc1ccc(O)cc1)C(=O)NC(Cc1ccc(O)cc1)C(=O)O. The zero-order valence-corrected chi connectivity index (χ0v) is 23.0. The first kappa shape index (κ1) is 33.5. The van der Waals surface area contributed by atoms with Gasteiger partial charge < -0.3 is 48.5 Å². The number of aromatic hydroxyl groups is 2. The fourth-order valence-electron chi connectivity index (χ4n) is 4.04. The fraction of sp³-hybridized carbons (Fsp3) is 0.393. The van der Waals surface area contributed by atoms with Crippen LogP contribution in [0.2, 0.25) is 0 Å². The molecule has 14 heteroatoms. The lowest BCUT2D eigenvalue weighted by atomic mass is 10.0. The van der Waals surface area contributed by atoms with Crippen molar-refractivity contribution in [3.63, 3.8) is 0 Å². The summed E-state index contributed by atoms with van der Waals surface area (Å²) in [6.07, 6.45) is 0.415. The van der Waals surface area contributed by atoms with Crippen LogP contribution in [0.4, 0.5) is 0 Å². The number of rotatable bonds is 17. The van der Waals surface area contributed by atoms with E-state index in [1.165, 1.54) is 36.4 Å². The monoisotopic (exact) mass is 586 g/mol. The molecule has 2 aromatic carbocycles. The van der Waals surface area contributed by atoms with Crippen LogP contribution in [0.25, 0.3) is 0 Å². The van der Waals surface area contributed by atoms with E-state index in [1.807, 2.05) is 0 Å². The van der Waals surface area contributed by atoms with Gasteiger partial charge in [0, 0.05) is 6.42 Å². The zero-order chi connectivity index (χ0) is 31.2. The van der Waals surface area contributed by atoms with Gasteiger partial charge in [-0.1, -0.05) is 24.3 Å². The van der Waals surface area contributed by atoms with E-state index in [0.29, 0.717) is 30.5 Å². The third-order valence-corrected chi connectivity index (χ3v) is 6.34. The number of aliphatic carboxylic acids is 1. The first-order valence-corrected chi connectivity index (χ1v) is 13.3. The third kappa shape index (κ3) is 11.4. The molecule has 0 aliphatic heterocycles. The van der Waals surface area contributed by atoms with Crippen LogP contribution in [0, 0.1) is 0 Å². The van der Waals surface area contributed by atoms with Gasteiger partial charge in [-0.25, -0.2) is 4.79 Å². The highest BCUT2D eigenvalue weighted by Crippen LogP contribution is 2.13. The van der Waals surface area contributed by atoms with Gasteiger partial charge in [-0.3, -0.25) is 19.2 Å². The first-order valence-electron chi connectivity index (χ1n) is 13.3. The number of carbonyl (C=O) groups excluding carboxylic acids is 4. The van der Waals surface area contributed by atoms with Crippen molar-refractivity contribution in [1.29, 1.82) is 0 Å². The summed E-state index contributed by atoms with van der Waals surface area (Å²) in [5.41, 5.74) is 18.0. The maximum atomic E-state index is 13.2. The van der Waals surface area contributed by atoms with Crippen LogP contribution < -0.4 is 33.2 Å². The van der Waals surface area contributed by atoms with Crippen LogP contribution in [0.15, 0.2) is 48.5 Å². The second kappa shape index (κ2) is 16.5. The molecule has 4 atom stereocenters. The van der Waals surface area contributed by atoms with Crippen molar-refractivity contribution in [1.82, 2.24) is 16.0 Å². The summed E-state index contributed by atoms with van der Waals surface area (Å²) in [5.74, 6) is -4.62. The number of hydrogen-bond donors (Lipinski definition) is 9. The number of carboxylic acid groups (broad SMARTS) is 1. The summed E-state index contributed by atoms with van der Waals surface area (Å²) in [7, 11) is 0. The first-order chi connectivity index (χ1) is 19.9. The number of hydrogen-bond acceptors (Lipinski definition) is 9. The number of phenolic OH excluding ortho intramolecular Hbond substituents is 2. The van der Waals surface area contributed by atoms with Crippen LogP contribution in [-0.4, -0.2) is 75.6 Å². The van der Waals surface area contributed by atoms with E-state index in [0.717, 1.165) is 0 Å². The van der Waals surface area contributed by atoms with E-state index in [1.54, 1.807) is 12.1 Å². The lowest BCUT2D eigenvalue weighted by molar-refractivity contribution is -0.142. The highest BCUT2D eigenvalue weighted by molar-refractivity contribution is 5.96. The Morgan fingerprint density at radius 3 is 1.67 bits per heavy atom. The Bertz CT molecular complexity index is 1220. The summed E-state index contributed by atoms with van der Waals surface area (Å²) < 4.78 is 0. The molecule has 14 nitrogen and oxygen atoms in total. The molecule has 0 saturated heterocycles. The minimum Gasteiger partial charge on any atom is -0.508 e. The number of carboxylic acids is 1. The summed E-state index contributed by atoms with van der Waals surface area (Å²) >= 11 is 0.